The molecule has 1 amide bonds. The molecule has 0 saturated carbocycles. The number of rotatable bonds is 4. The van der Waals surface area contributed by atoms with Crippen molar-refractivity contribution in [2.45, 2.75) is 32.7 Å². The molecule has 2 rings (SSSR count). The quantitative estimate of drug-likeness (QED) is 0.864. The van der Waals surface area contributed by atoms with Gasteiger partial charge in [0.05, 0.1) is 0 Å². The lowest BCUT2D eigenvalue weighted by molar-refractivity contribution is -0.131. The third-order valence-electron chi connectivity index (χ3n) is 3.78. The van der Waals surface area contributed by atoms with Gasteiger partial charge in [-0.1, -0.05) is 19.9 Å². The van der Waals surface area contributed by atoms with Crippen molar-refractivity contribution in [3.05, 3.63) is 35.7 Å². The Bertz CT molecular complexity index is 566. The Labute approximate surface area is 124 Å². The largest absolute Gasteiger partial charge is 0.478 e. The maximum Gasteiger partial charge on any atom is 0.328 e. The van der Waals surface area contributed by atoms with Gasteiger partial charge in [-0.15, -0.1) is 0 Å². The molecule has 1 aliphatic heterocycles. The van der Waals surface area contributed by atoms with Crippen molar-refractivity contribution in [3.8, 4) is 0 Å². The zero-order valence-electron chi connectivity index (χ0n) is 12.3. The molecule has 1 aromatic rings. The van der Waals surface area contributed by atoms with Crippen LogP contribution in [-0.4, -0.2) is 39.5 Å². The summed E-state index contributed by atoms with van der Waals surface area (Å²) in [5.41, 5.74) is 0.863. The molecule has 1 saturated heterocycles. The first-order valence-electron chi connectivity index (χ1n) is 7.17. The lowest BCUT2D eigenvalue weighted by Crippen LogP contribution is -2.39. The Morgan fingerprint density at radius 3 is 2.90 bits per heavy atom. The van der Waals surface area contributed by atoms with E-state index in [9.17, 15) is 9.59 Å². The molecule has 112 valence electrons. The van der Waals surface area contributed by atoms with Gasteiger partial charge >= 0.3 is 5.97 Å². The lowest BCUT2D eigenvalue weighted by atomic mass is 10.0. The number of likely N-dealkylation sites (tertiary alicyclic amines) is 1. The zero-order valence-corrected chi connectivity index (χ0v) is 12.3. The number of pyridine rings is 1. The monoisotopic (exact) mass is 288 g/mol. The van der Waals surface area contributed by atoms with Gasteiger partial charge in [0.1, 0.15) is 5.69 Å². The number of amides is 1. The van der Waals surface area contributed by atoms with Gasteiger partial charge < -0.3 is 10.0 Å². The topological polar surface area (TPSA) is 70.5 Å². The van der Waals surface area contributed by atoms with Crippen LogP contribution in [0.25, 0.3) is 6.08 Å². The van der Waals surface area contributed by atoms with Crippen LogP contribution in [0.15, 0.2) is 24.4 Å². The summed E-state index contributed by atoms with van der Waals surface area (Å²) in [6.07, 6.45) is 6.02. The van der Waals surface area contributed by atoms with Crippen molar-refractivity contribution in [2.24, 2.45) is 5.92 Å². The first-order chi connectivity index (χ1) is 10.0. The molecule has 0 spiro atoms. The van der Waals surface area contributed by atoms with Crippen molar-refractivity contribution in [3.63, 3.8) is 0 Å². The molecule has 1 N–H and O–H groups in total. The molecule has 2 heterocycles. The van der Waals surface area contributed by atoms with E-state index in [-0.39, 0.29) is 11.9 Å². The van der Waals surface area contributed by atoms with Crippen LogP contribution in [0.1, 0.15) is 42.7 Å². The number of carboxylic acid groups (broad SMARTS) is 1. The van der Waals surface area contributed by atoms with Crippen LogP contribution >= 0.6 is 0 Å². The summed E-state index contributed by atoms with van der Waals surface area (Å²) >= 11 is 0. The number of carbonyl (C=O) groups is 2. The molecule has 0 radical (unpaired) electrons. The van der Waals surface area contributed by atoms with Gasteiger partial charge in [0.25, 0.3) is 5.91 Å². The summed E-state index contributed by atoms with van der Waals surface area (Å²) in [4.78, 5) is 29.4. The summed E-state index contributed by atoms with van der Waals surface area (Å²) in [7, 11) is 0. The van der Waals surface area contributed by atoms with E-state index in [1.165, 1.54) is 6.08 Å². The van der Waals surface area contributed by atoms with Crippen LogP contribution in [0.5, 0.6) is 0 Å². The van der Waals surface area contributed by atoms with Crippen LogP contribution in [0.2, 0.25) is 0 Å². The molecular weight excluding hydrogens is 268 g/mol. The Morgan fingerprint density at radius 2 is 2.24 bits per heavy atom. The van der Waals surface area contributed by atoms with Gasteiger partial charge in [-0.3, -0.25) is 9.78 Å². The van der Waals surface area contributed by atoms with Crippen molar-refractivity contribution in [1.29, 1.82) is 0 Å². The van der Waals surface area contributed by atoms with Crippen LogP contribution in [0.3, 0.4) is 0 Å². The smallest absolute Gasteiger partial charge is 0.328 e. The summed E-state index contributed by atoms with van der Waals surface area (Å²) in [6.45, 7) is 4.96. The highest BCUT2D eigenvalue weighted by atomic mass is 16.4. The average molecular weight is 288 g/mol. The molecule has 5 nitrogen and oxygen atoms in total. The molecule has 0 bridgehead atoms. The Hall–Kier alpha value is -2.17. The second kappa shape index (κ2) is 6.52. The Kier molecular flexibility index (Phi) is 4.73. The van der Waals surface area contributed by atoms with Crippen molar-refractivity contribution >= 4 is 18.0 Å². The normalized spacial score (nSPS) is 18.6. The summed E-state index contributed by atoms with van der Waals surface area (Å²) < 4.78 is 0. The molecule has 0 aromatic carbocycles. The minimum atomic E-state index is -1.04. The van der Waals surface area contributed by atoms with Gasteiger partial charge in [-0.05, 0) is 30.9 Å². The minimum Gasteiger partial charge on any atom is -0.478 e. The van der Waals surface area contributed by atoms with Crippen molar-refractivity contribution in [2.75, 3.05) is 6.54 Å². The number of nitrogens with zero attached hydrogens (tertiary/aromatic N) is 2. The Balaban J connectivity index is 2.29. The lowest BCUT2D eigenvalue weighted by Gasteiger charge is -2.27. The molecule has 5 heteroatoms. The molecular formula is C16H20N2O3. The standard InChI is InChI=1S/C16H20N2O3/c1-11(2)13-6-4-10-18(13)16(21)15-12(5-3-9-17-15)7-8-14(19)20/h3,5,7-9,11,13H,4,6,10H2,1-2H3,(H,19,20)/b8-7+. The molecule has 1 aliphatic rings. The van der Waals surface area contributed by atoms with Gasteiger partial charge in [-0.2, -0.15) is 0 Å². The van der Waals surface area contributed by atoms with Crippen LogP contribution in [0.4, 0.5) is 0 Å². The van der Waals surface area contributed by atoms with E-state index in [0.717, 1.165) is 25.5 Å². The van der Waals surface area contributed by atoms with Crippen LogP contribution < -0.4 is 0 Å². The van der Waals surface area contributed by atoms with Crippen LogP contribution in [-0.2, 0) is 4.79 Å². The van der Waals surface area contributed by atoms with Crippen molar-refractivity contribution < 1.29 is 14.7 Å². The van der Waals surface area contributed by atoms with E-state index >= 15 is 0 Å². The minimum absolute atomic E-state index is 0.114. The predicted molar refractivity (Wildman–Crippen MR) is 79.8 cm³/mol. The highest BCUT2D eigenvalue weighted by Gasteiger charge is 2.32. The second-order valence-electron chi connectivity index (χ2n) is 5.56. The van der Waals surface area contributed by atoms with E-state index in [1.54, 1.807) is 18.3 Å². The fourth-order valence-electron chi connectivity index (χ4n) is 2.77. The highest BCUT2D eigenvalue weighted by molar-refractivity contribution is 5.97. The maximum absolute atomic E-state index is 12.7. The fraction of sp³-hybridized carbons (Fsp3) is 0.438. The first-order valence-corrected chi connectivity index (χ1v) is 7.17. The molecule has 1 unspecified atom stereocenters. The SMILES string of the molecule is CC(C)C1CCCN1C(=O)c1ncccc1/C=C/C(=O)O. The van der Waals surface area contributed by atoms with E-state index in [4.69, 9.17) is 5.11 Å². The van der Waals surface area contributed by atoms with E-state index < -0.39 is 5.97 Å². The van der Waals surface area contributed by atoms with Gasteiger partial charge in [0.2, 0.25) is 0 Å². The Morgan fingerprint density at radius 1 is 1.48 bits per heavy atom. The number of aliphatic carboxylic acids is 1. The van der Waals surface area contributed by atoms with E-state index in [0.29, 0.717) is 17.2 Å². The molecule has 0 aliphatic carbocycles. The number of aromatic nitrogens is 1. The van der Waals surface area contributed by atoms with Gasteiger partial charge in [0.15, 0.2) is 0 Å². The van der Waals surface area contributed by atoms with Gasteiger partial charge in [-0.25, -0.2) is 4.79 Å². The zero-order chi connectivity index (χ0) is 15.4. The number of carboxylic acids is 1. The molecule has 1 atom stereocenters. The third kappa shape index (κ3) is 3.48. The summed E-state index contributed by atoms with van der Waals surface area (Å²) in [6, 6.07) is 3.64. The number of hydrogen-bond donors (Lipinski definition) is 1. The molecule has 1 aromatic heterocycles. The third-order valence-corrected chi connectivity index (χ3v) is 3.78. The average Bonchev–Trinajstić information content (AvgIpc) is 2.94. The fourth-order valence-corrected chi connectivity index (χ4v) is 2.77. The van der Waals surface area contributed by atoms with E-state index in [1.807, 2.05) is 4.90 Å². The molecule has 21 heavy (non-hydrogen) atoms. The molecule has 1 fully saturated rings. The van der Waals surface area contributed by atoms with Crippen molar-refractivity contribution in [1.82, 2.24) is 9.88 Å². The number of carbonyl (C=O) groups excluding carboxylic acids is 1. The summed E-state index contributed by atoms with van der Waals surface area (Å²) in [5.74, 6) is -0.756. The van der Waals surface area contributed by atoms with E-state index in [2.05, 4.69) is 18.8 Å². The van der Waals surface area contributed by atoms with Crippen LogP contribution in [0, 0.1) is 5.92 Å². The highest BCUT2D eigenvalue weighted by Crippen LogP contribution is 2.26. The number of hydrogen-bond acceptors (Lipinski definition) is 3. The first kappa shape index (κ1) is 15.2. The predicted octanol–water partition coefficient (Wildman–Crippen LogP) is 2.44. The second-order valence-corrected chi connectivity index (χ2v) is 5.56. The summed E-state index contributed by atoms with van der Waals surface area (Å²) in [5, 5.41) is 8.73. The maximum atomic E-state index is 12.7. The van der Waals surface area contributed by atoms with Gasteiger partial charge in [0, 0.05) is 30.4 Å².